The van der Waals surface area contributed by atoms with Crippen LogP contribution in [0.15, 0.2) is 16.6 Å². The number of hydrogen-bond acceptors (Lipinski definition) is 4. The number of carbonyl (C=O) groups excluding carboxylic acids is 1. The summed E-state index contributed by atoms with van der Waals surface area (Å²) in [5, 5.41) is 8.63. The number of carboxylic acids is 1. The molecule has 1 aliphatic heterocycles. The van der Waals surface area contributed by atoms with Crippen molar-refractivity contribution in [2.75, 3.05) is 6.79 Å². The van der Waals surface area contributed by atoms with E-state index in [-0.39, 0.29) is 12.4 Å². The lowest BCUT2D eigenvalue weighted by Gasteiger charge is -2.18. The predicted molar refractivity (Wildman–Crippen MR) is 56.4 cm³/mol. The van der Waals surface area contributed by atoms with Gasteiger partial charge in [-0.25, -0.2) is 4.79 Å². The molecule has 0 unspecified atom stereocenters. The largest absolute Gasteiger partial charge is 0.475 e. The predicted octanol–water partition coefficient (Wildman–Crippen LogP) is 1.58. The first kappa shape index (κ1) is 11.1. The van der Waals surface area contributed by atoms with Crippen LogP contribution in [0.25, 0.3) is 0 Å². The van der Waals surface area contributed by atoms with Gasteiger partial charge in [-0.15, -0.1) is 0 Å². The molecule has 0 saturated carbocycles. The van der Waals surface area contributed by atoms with Crippen LogP contribution in [0.2, 0.25) is 0 Å². The van der Waals surface area contributed by atoms with Crippen LogP contribution >= 0.6 is 15.9 Å². The normalized spacial score (nSPS) is 13.8. The van der Waals surface area contributed by atoms with Gasteiger partial charge in [0.1, 0.15) is 5.75 Å². The highest BCUT2D eigenvalue weighted by Gasteiger charge is 2.21. The molecule has 0 aliphatic carbocycles. The first-order valence-corrected chi connectivity index (χ1v) is 5.19. The zero-order chi connectivity index (χ0) is 11.7. The molecule has 2 rings (SSSR count). The maximum Gasteiger partial charge on any atom is 0.377 e. The first-order chi connectivity index (χ1) is 7.59. The monoisotopic (exact) mass is 286 g/mol. The summed E-state index contributed by atoms with van der Waals surface area (Å²) in [6, 6.07) is 3.04. The first-order valence-electron chi connectivity index (χ1n) is 4.40. The minimum Gasteiger partial charge on any atom is -0.475 e. The van der Waals surface area contributed by atoms with Crippen LogP contribution in [0.5, 0.6) is 5.75 Å². The van der Waals surface area contributed by atoms with Crippen molar-refractivity contribution in [2.24, 2.45) is 0 Å². The van der Waals surface area contributed by atoms with E-state index in [9.17, 15) is 9.59 Å². The van der Waals surface area contributed by atoms with Crippen LogP contribution in [0, 0.1) is 0 Å². The van der Waals surface area contributed by atoms with E-state index in [0.29, 0.717) is 16.8 Å². The van der Waals surface area contributed by atoms with Crippen molar-refractivity contribution in [1.82, 2.24) is 0 Å². The minimum atomic E-state index is -1.49. The van der Waals surface area contributed by atoms with Crippen LogP contribution in [0.1, 0.15) is 15.9 Å². The van der Waals surface area contributed by atoms with Gasteiger partial charge in [0.2, 0.25) is 0 Å². The number of Topliss-reactive ketones (excluding diaryl/α,β-unsaturated/α-hetero) is 1. The quantitative estimate of drug-likeness (QED) is 0.660. The molecule has 6 heteroatoms. The highest BCUT2D eigenvalue weighted by molar-refractivity contribution is 9.10. The van der Waals surface area contributed by atoms with Crippen molar-refractivity contribution in [3.63, 3.8) is 0 Å². The minimum absolute atomic E-state index is 0.0770. The number of carbonyl (C=O) groups is 2. The van der Waals surface area contributed by atoms with E-state index < -0.39 is 11.8 Å². The Bertz CT molecular complexity index is 469. The molecular formula is C10H7BrO5. The Kier molecular flexibility index (Phi) is 2.93. The highest BCUT2D eigenvalue weighted by Crippen LogP contribution is 2.30. The van der Waals surface area contributed by atoms with Gasteiger partial charge in [0.05, 0.1) is 6.61 Å². The van der Waals surface area contributed by atoms with Gasteiger partial charge in [-0.2, -0.15) is 0 Å². The van der Waals surface area contributed by atoms with Crippen LogP contribution in [-0.4, -0.2) is 23.7 Å². The number of aliphatic carboxylic acids is 1. The molecule has 0 bridgehead atoms. The van der Waals surface area contributed by atoms with E-state index in [1.807, 2.05) is 0 Å². The fourth-order valence-electron chi connectivity index (χ4n) is 1.39. The summed E-state index contributed by atoms with van der Waals surface area (Å²) in [7, 11) is 0. The number of benzene rings is 1. The number of fused-ring (bicyclic) bond motifs is 1. The van der Waals surface area contributed by atoms with Gasteiger partial charge < -0.3 is 14.6 Å². The molecule has 0 aromatic heterocycles. The van der Waals surface area contributed by atoms with Gasteiger partial charge in [0.25, 0.3) is 5.78 Å². The standard InChI is InChI=1S/C10H7BrO5/c11-7-1-5-3-15-4-16-8(5)2-6(7)9(12)10(13)14/h1-2H,3-4H2,(H,13,14). The second kappa shape index (κ2) is 4.23. The maximum absolute atomic E-state index is 11.3. The maximum atomic E-state index is 11.3. The second-order valence-corrected chi connectivity index (χ2v) is 4.04. The van der Waals surface area contributed by atoms with Gasteiger partial charge in [-0.1, -0.05) is 15.9 Å². The van der Waals surface area contributed by atoms with Crippen LogP contribution in [0.4, 0.5) is 0 Å². The Labute approximate surface area is 99.1 Å². The highest BCUT2D eigenvalue weighted by atomic mass is 79.9. The van der Waals surface area contributed by atoms with E-state index in [4.69, 9.17) is 14.6 Å². The number of ether oxygens (including phenoxy) is 2. The molecule has 1 aliphatic rings. The number of hydrogen-bond donors (Lipinski definition) is 1. The Morgan fingerprint density at radius 3 is 2.81 bits per heavy atom. The van der Waals surface area contributed by atoms with E-state index in [1.54, 1.807) is 6.07 Å². The molecule has 0 radical (unpaired) electrons. The molecule has 0 atom stereocenters. The molecule has 0 fully saturated rings. The molecule has 84 valence electrons. The smallest absolute Gasteiger partial charge is 0.377 e. The van der Waals surface area contributed by atoms with E-state index in [1.165, 1.54) is 6.07 Å². The number of rotatable bonds is 2. The van der Waals surface area contributed by atoms with Crippen molar-refractivity contribution in [1.29, 1.82) is 0 Å². The van der Waals surface area contributed by atoms with Gasteiger partial charge in [0.15, 0.2) is 6.79 Å². The van der Waals surface area contributed by atoms with Gasteiger partial charge in [0, 0.05) is 15.6 Å². The molecule has 1 aromatic carbocycles. The molecule has 1 heterocycles. The van der Waals surface area contributed by atoms with E-state index >= 15 is 0 Å². The van der Waals surface area contributed by atoms with Crippen molar-refractivity contribution in [3.8, 4) is 5.75 Å². The number of halogens is 1. The van der Waals surface area contributed by atoms with Crippen molar-refractivity contribution in [2.45, 2.75) is 6.61 Å². The molecular weight excluding hydrogens is 280 g/mol. The third-order valence-electron chi connectivity index (χ3n) is 2.14. The van der Waals surface area contributed by atoms with Crippen LogP contribution < -0.4 is 4.74 Å². The molecule has 16 heavy (non-hydrogen) atoms. The summed E-state index contributed by atoms with van der Waals surface area (Å²) in [5.41, 5.74) is 0.855. The summed E-state index contributed by atoms with van der Waals surface area (Å²) >= 11 is 3.15. The zero-order valence-corrected chi connectivity index (χ0v) is 9.61. The summed E-state index contributed by atoms with van der Waals surface area (Å²) in [5.74, 6) is -1.98. The summed E-state index contributed by atoms with van der Waals surface area (Å²) in [6.45, 7) is 0.491. The van der Waals surface area contributed by atoms with Crippen LogP contribution in [0.3, 0.4) is 0 Å². The summed E-state index contributed by atoms with van der Waals surface area (Å²) in [6.07, 6.45) is 0. The number of ketones is 1. The third kappa shape index (κ3) is 1.94. The Morgan fingerprint density at radius 1 is 1.38 bits per heavy atom. The fraction of sp³-hybridized carbons (Fsp3) is 0.200. The molecule has 0 saturated heterocycles. The molecule has 1 aromatic rings. The third-order valence-corrected chi connectivity index (χ3v) is 2.80. The topological polar surface area (TPSA) is 72.8 Å². The fourth-order valence-corrected chi connectivity index (χ4v) is 1.96. The summed E-state index contributed by atoms with van der Waals surface area (Å²) in [4.78, 5) is 21.9. The number of carboxylic acid groups (broad SMARTS) is 1. The second-order valence-electron chi connectivity index (χ2n) is 3.18. The van der Waals surface area contributed by atoms with Gasteiger partial charge >= 0.3 is 5.97 Å². The van der Waals surface area contributed by atoms with Gasteiger partial charge in [-0.3, -0.25) is 4.79 Å². The van der Waals surface area contributed by atoms with E-state index in [0.717, 1.165) is 5.56 Å². The summed E-state index contributed by atoms with van der Waals surface area (Å²) < 4.78 is 10.6. The molecule has 5 nitrogen and oxygen atoms in total. The average molecular weight is 287 g/mol. The van der Waals surface area contributed by atoms with Crippen molar-refractivity contribution < 1.29 is 24.2 Å². The lowest BCUT2D eigenvalue weighted by Crippen LogP contribution is -2.16. The van der Waals surface area contributed by atoms with Crippen molar-refractivity contribution in [3.05, 3.63) is 27.7 Å². The lowest BCUT2D eigenvalue weighted by molar-refractivity contribution is -0.131. The SMILES string of the molecule is O=C(O)C(=O)c1cc2c(cc1Br)COCO2. The lowest BCUT2D eigenvalue weighted by atomic mass is 10.1. The Balaban J connectivity index is 2.47. The van der Waals surface area contributed by atoms with Gasteiger partial charge in [-0.05, 0) is 12.1 Å². The van der Waals surface area contributed by atoms with E-state index in [2.05, 4.69) is 15.9 Å². The Morgan fingerprint density at radius 2 is 2.12 bits per heavy atom. The van der Waals surface area contributed by atoms with Crippen LogP contribution in [-0.2, 0) is 16.1 Å². The molecule has 1 N–H and O–H groups in total. The van der Waals surface area contributed by atoms with Crippen molar-refractivity contribution >= 4 is 27.7 Å². The molecule has 0 spiro atoms. The molecule has 0 amide bonds. The zero-order valence-electron chi connectivity index (χ0n) is 8.03. The average Bonchev–Trinajstić information content (AvgIpc) is 2.27. The Hall–Kier alpha value is -1.40.